The quantitative estimate of drug-likeness (QED) is 0.639. The summed E-state index contributed by atoms with van der Waals surface area (Å²) in [4.78, 5) is 11.0. The van der Waals surface area contributed by atoms with Gasteiger partial charge in [-0.05, 0) is 36.8 Å². The van der Waals surface area contributed by atoms with Crippen LogP contribution in [-0.4, -0.2) is 5.78 Å². The number of furan rings is 1. The molecule has 0 fully saturated rings. The van der Waals surface area contributed by atoms with E-state index in [4.69, 9.17) is 4.42 Å². The third-order valence-corrected chi connectivity index (χ3v) is 1.36. The van der Waals surface area contributed by atoms with Crippen LogP contribution >= 0.6 is 0 Å². The van der Waals surface area contributed by atoms with Crippen molar-refractivity contribution in [3.8, 4) is 0 Å². The molecule has 0 atom stereocenters. The highest BCUT2D eigenvalue weighted by molar-refractivity contribution is 6.05. The molecule has 0 radical (unpaired) electrons. The molecule has 2 nitrogen and oxygen atoms in total. The van der Waals surface area contributed by atoms with Crippen molar-refractivity contribution in [2.45, 2.75) is 6.92 Å². The van der Waals surface area contributed by atoms with Gasteiger partial charge in [-0.15, -0.1) is 0 Å². The predicted octanol–water partition coefficient (Wildman–Crippen LogP) is 2.44. The Morgan fingerprint density at radius 2 is 2.42 bits per heavy atom. The summed E-state index contributed by atoms with van der Waals surface area (Å²) in [6.45, 7) is 5.20. The third-order valence-electron chi connectivity index (χ3n) is 1.36. The van der Waals surface area contributed by atoms with Crippen LogP contribution in [-0.2, 0) is 4.79 Å². The van der Waals surface area contributed by atoms with Gasteiger partial charge in [0.15, 0.2) is 5.78 Å². The van der Waals surface area contributed by atoms with Crippen LogP contribution in [0.4, 0.5) is 0 Å². The molecule has 1 aromatic rings. The fourth-order valence-corrected chi connectivity index (χ4v) is 0.686. The van der Waals surface area contributed by atoms with E-state index in [0.29, 0.717) is 11.3 Å². The third kappa shape index (κ3) is 2.23. The number of hydrogen-bond donors (Lipinski definition) is 0. The Balaban J connectivity index is 2.63. The number of ketones is 1. The first-order chi connectivity index (χ1) is 5.70. The van der Waals surface area contributed by atoms with Gasteiger partial charge in [-0.1, -0.05) is 6.58 Å². The predicted molar refractivity (Wildman–Crippen MR) is 47.6 cm³/mol. The van der Waals surface area contributed by atoms with Crippen LogP contribution in [0.2, 0.25) is 0 Å². The summed E-state index contributed by atoms with van der Waals surface area (Å²) in [5.41, 5.74) is 0.526. The van der Waals surface area contributed by atoms with Crippen LogP contribution in [0.5, 0.6) is 0 Å². The second-order valence-electron chi connectivity index (χ2n) is 2.49. The molecular weight excluding hydrogens is 152 g/mol. The zero-order valence-electron chi connectivity index (χ0n) is 6.91. The van der Waals surface area contributed by atoms with E-state index in [1.54, 1.807) is 31.4 Å². The van der Waals surface area contributed by atoms with E-state index < -0.39 is 0 Å². The normalized spacial score (nSPS) is 10.4. The van der Waals surface area contributed by atoms with Crippen LogP contribution in [0.25, 0.3) is 6.08 Å². The minimum absolute atomic E-state index is 0.0774. The summed E-state index contributed by atoms with van der Waals surface area (Å²) in [6, 6.07) is 3.55. The molecule has 0 aliphatic rings. The summed E-state index contributed by atoms with van der Waals surface area (Å²) in [6.07, 6.45) is 4.63. The van der Waals surface area contributed by atoms with Gasteiger partial charge in [0.1, 0.15) is 5.76 Å². The zero-order chi connectivity index (χ0) is 8.97. The average Bonchev–Trinajstić information content (AvgIpc) is 2.51. The van der Waals surface area contributed by atoms with Crippen LogP contribution in [0.3, 0.4) is 0 Å². The van der Waals surface area contributed by atoms with Crippen LogP contribution in [0, 0.1) is 0 Å². The van der Waals surface area contributed by atoms with E-state index in [0.717, 1.165) is 0 Å². The molecule has 0 N–H and O–H groups in total. The Hall–Kier alpha value is -1.57. The summed E-state index contributed by atoms with van der Waals surface area (Å²) >= 11 is 0. The lowest BCUT2D eigenvalue weighted by molar-refractivity contribution is -0.111. The molecule has 1 aromatic heterocycles. The lowest BCUT2D eigenvalue weighted by Gasteiger charge is -1.87. The Bertz CT molecular complexity index is 305. The fraction of sp³-hybridized carbons (Fsp3) is 0.100. The molecular formula is C10H10O2. The van der Waals surface area contributed by atoms with Gasteiger partial charge in [-0.2, -0.15) is 0 Å². The van der Waals surface area contributed by atoms with E-state index in [9.17, 15) is 4.79 Å². The van der Waals surface area contributed by atoms with Gasteiger partial charge < -0.3 is 4.42 Å². The number of rotatable bonds is 3. The lowest BCUT2D eigenvalue weighted by Crippen LogP contribution is -1.90. The maximum Gasteiger partial charge on any atom is 0.181 e. The van der Waals surface area contributed by atoms with Crippen molar-refractivity contribution < 1.29 is 9.21 Å². The molecule has 0 spiro atoms. The van der Waals surface area contributed by atoms with E-state index in [2.05, 4.69) is 6.58 Å². The Labute approximate surface area is 71.2 Å². The number of carbonyl (C=O) groups excluding carboxylic acids is 1. The summed E-state index contributed by atoms with van der Waals surface area (Å²) in [7, 11) is 0. The maximum absolute atomic E-state index is 11.0. The first-order valence-corrected chi connectivity index (χ1v) is 3.61. The SMILES string of the molecule is C=C(C)C(=O)/C=C/c1ccco1. The van der Waals surface area contributed by atoms with E-state index >= 15 is 0 Å². The fourth-order valence-electron chi connectivity index (χ4n) is 0.686. The van der Waals surface area contributed by atoms with Gasteiger partial charge in [-0.3, -0.25) is 4.79 Å². The van der Waals surface area contributed by atoms with Crippen molar-refractivity contribution in [3.05, 3.63) is 42.4 Å². The summed E-state index contributed by atoms with van der Waals surface area (Å²) in [5.74, 6) is 0.594. The molecule has 1 rings (SSSR count). The van der Waals surface area contributed by atoms with Gasteiger partial charge in [0.25, 0.3) is 0 Å². The highest BCUT2D eigenvalue weighted by Crippen LogP contribution is 2.03. The van der Waals surface area contributed by atoms with Crippen LogP contribution in [0.15, 0.2) is 41.0 Å². The minimum Gasteiger partial charge on any atom is -0.465 e. The Kier molecular flexibility index (Phi) is 2.64. The first-order valence-electron chi connectivity index (χ1n) is 3.61. The highest BCUT2D eigenvalue weighted by atomic mass is 16.3. The van der Waals surface area contributed by atoms with Gasteiger partial charge in [0.2, 0.25) is 0 Å². The average molecular weight is 162 g/mol. The standard InChI is InChI=1S/C10H10O2/c1-8(2)10(11)6-5-9-4-3-7-12-9/h3-7H,1H2,2H3/b6-5+. The highest BCUT2D eigenvalue weighted by Gasteiger charge is 1.95. The van der Waals surface area contributed by atoms with Crippen molar-refractivity contribution in [3.63, 3.8) is 0 Å². The molecule has 62 valence electrons. The molecule has 0 aromatic carbocycles. The largest absolute Gasteiger partial charge is 0.465 e. The smallest absolute Gasteiger partial charge is 0.181 e. The van der Waals surface area contributed by atoms with E-state index in [1.165, 1.54) is 6.08 Å². The molecule has 0 saturated heterocycles. The molecule has 0 bridgehead atoms. The van der Waals surface area contributed by atoms with Gasteiger partial charge >= 0.3 is 0 Å². The molecule has 1 heterocycles. The van der Waals surface area contributed by atoms with Crippen molar-refractivity contribution >= 4 is 11.9 Å². The molecule has 2 heteroatoms. The van der Waals surface area contributed by atoms with Crippen molar-refractivity contribution in [2.75, 3.05) is 0 Å². The maximum atomic E-state index is 11.0. The zero-order valence-corrected chi connectivity index (χ0v) is 6.91. The number of allylic oxidation sites excluding steroid dienone is 2. The number of hydrogen-bond acceptors (Lipinski definition) is 2. The van der Waals surface area contributed by atoms with Crippen LogP contribution in [0.1, 0.15) is 12.7 Å². The molecule has 0 aliphatic carbocycles. The van der Waals surface area contributed by atoms with Crippen LogP contribution < -0.4 is 0 Å². The molecule has 0 amide bonds. The van der Waals surface area contributed by atoms with Crippen molar-refractivity contribution in [1.82, 2.24) is 0 Å². The molecule has 0 saturated carbocycles. The first kappa shape index (κ1) is 8.53. The lowest BCUT2D eigenvalue weighted by atomic mass is 10.2. The summed E-state index contributed by atoms with van der Waals surface area (Å²) in [5, 5.41) is 0. The summed E-state index contributed by atoms with van der Waals surface area (Å²) < 4.78 is 4.99. The molecule has 12 heavy (non-hydrogen) atoms. The topological polar surface area (TPSA) is 30.2 Å². The molecule has 0 aliphatic heterocycles. The Morgan fingerprint density at radius 1 is 1.67 bits per heavy atom. The van der Waals surface area contributed by atoms with Crippen molar-refractivity contribution in [2.24, 2.45) is 0 Å². The van der Waals surface area contributed by atoms with Crippen molar-refractivity contribution in [1.29, 1.82) is 0 Å². The van der Waals surface area contributed by atoms with Gasteiger partial charge in [0, 0.05) is 0 Å². The Morgan fingerprint density at radius 3 is 2.92 bits per heavy atom. The second kappa shape index (κ2) is 3.72. The number of carbonyl (C=O) groups is 1. The van der Waals surface area contributed by atoms with E-state index in [-0.39, 0.29) is 5.78 Å². The van der Waals surface area contributed by atoms with E-state index in [1.807, 2.05) is 0 Å². The second-order valence-corrected chi connectivity index (χ2v) is 2.49. The molecule has 0 unspecified atom stereocenters. The monoisotopic (exact) mass is 162 g/mol. The minimum atomic E-state index is -0.0774. The van der Waals surface area contributed by atoms with Gasteiger partial charge in [0.05, 0.1) is 6.26 Å². The van der Waals surface area contributed by atoms with Gasteiger partial charge in [-0.25, -0.2) is 0 Å².